The second-order valence-corrected chi connectivity index (χ2v) is 5.70. The molecule has 1 aromatic carbocycles. The lowest BCUT2D eigenvalue weighted by Crippen LogP contribution is -2.35. The number of nitrogens with one attached hydrogen (secondary N) is 3. The van der Waals surface area contributed by atoms with Gasteiger partial charge in [0, 0.05) is 35.9 Å². The number of anilines is 1. The van der Waals surface area contributed by atoms with E-state index in [-0.39, 0.29) is 22.9 Å². The minimum Gasteiger partial charge on any atom is -0.393 e. The molecule has 0 saturated heterocycles. The van der Waals surface area contributed by atoms with Gasteiger partial charge in [-0.2, -0.15) is 0 Å². The molecule has 7 nitrogen and oxygen atoms in total. The van der Waals surface area contributed by atoms with Crippen LogP contribution >= 0.6 is 0 Å². The molecule has 3 aromatic rings. The SMILES string of the molecule is N=C(NC(=O)/C(N)=C(/Nc1ccccc1F)c1ccncc1)c1cccnc1. The van der Waals surface area contributed by atoms with Crippen LogP contribution in [0.15, 0.2) is 79.0 Å². The van der Waals surface area contributed by atoms with Gasteiger partial charge in [-0.05, 0) is 36.4 Å². The molecule has 5 N–H and O–H groups in total. The second-order valence-electron chi connectivity index (χ2n) is 5.70. The van der Waals surface area contributed by atoms with Gasteiger partial charge in [0.15, 0.2) is 0 Å². The summed E-state index contributed by atoms with van der Waals surface area (Å²) in [6.07, 6.45) is 6.07. The Morgan fingerprint density at radius 2 is 1.71 bits per heavy atom. The highest BCUT2D eigenvalue weighted by atomic mass is 19.1. The lowest BCUT2D eigenvalue weighted by atomic mass is 10.1. The number of hydrogen-bond donors (Lipinski definition) is 4. The first-order valence-electron chi connectivity index (χ1n) is 8.28. The fourth-order valence-electron chi connectivity index (χ4n) is 2.39. The van der Waals surface area contributed by atoms with Crippen molar-refractivity contribution in [3.8, 4) is 0 Å². The summed E-state index contributed by atoms with van der Waals surface area (Å²) in [5.41, 5.74) is 7.19. The van der Waals surface area contributed by atoms with Crippen molar-refractivity contribution >= 4 is 23.1 Å². The molecule has 140 valence electrons. The highest BCUT2D eigenvalue weighted by Crippen LogP contribution is 2.22. The number of para-hydroxylation sites is 1. The maximum atomic E-state index is 14.1. The van der Waals surface area contributed by atoms with Gasteiger partial charge in [0.05, 0.1) is 11.4 Å². The minimum absolute atomic E-state index is 0.152. The molecule has 1 amide bonds. The van der Waals surface area contributed by atoms with E-state index in [0.717, 1.165) is 0 Å². The lowest BCUT2D eigenvalue weighted by molar-refractivity contribution is -0.116. The molecule has 0 spiro atoms. The molecule has 0 bridgehead atoms. The van der Waals surface area contributed by atoms with Crippen molar-refractivity contribution in [3.05, 3.63) is 96.0 Å². The fourth-order valence-corrected chi connectivity index (χ4v) is 2.39. The third-order valence-electron chi connectivity index (χ3n) is 3.81. The highest BCUT2D eigenvalue weighted by Gasteiger charge is 2.17. The zero-order valence-corrected chi connectivity index (χ0v) is 14.7. The van der Waals surface area contributed by atoms with Gasteiger partial charge in [-0.25, -0.2) is 4.39 Å². The first-order chi connectivity index (χ1) is 13.6. The Kier molecular flexibility index (Phi) is 5.71. The van der Waals surface area contributed by atoms with Gasteiger partial charge in [-0.15, -0.1) is 0 Å². The Balaban J connectivity index is 1.93. The topological polar surface area (TPSA) is 117 Å². The summed E-state index contributed by atoms with van der Waals surface area (Å²) in [7, 11) is 0. The summed E-state index contributed by atoms with van der Waals surface area (Å²) < 4.78 is 14.1. The number of nitrogens with two attached hydrogens (primary N) is 1. The van der Waals surface area contributed by atoms with Gasteiger partial charge in [0.25, 0.3) is 5.91 Å². The monoisotopic (exact) mass is 376 g/mol. The Morgan fingerprint density at radius 1 is 0.964 bits per heavy atom. The van der Waals surface area contributed by atoms with Gasteiger partial charge in [-0.3, -0.25) is 20.2 Å². The predicted molar refractivity (Wildman–Crippen MR) is 105 cm³/mol. The molecule has 3 rings (SSSR count). The highest BCUT2D eigenvalue weighted by molar-refractivity contribution is 6.13. The molecule has 0 atom stereocenters. The first kappa shape index (κ1) is 18.7. The average molecular weight is 376 g/mol. The third-order valence-corrected chi connectivity index (χ3v) is 3.81. The number of rotatable bonds is 5. The molecule has 0 radical (unpaired) electrons. The van der Waals surface area contributed by atoms with Crippen LogP contribution in [0.1, 0.15) is 11.1 Å². The lowest BCUT2D eigenvalue weighted by Gasteiger charge is -2.16. The molecule has 0 saturated carbocycles. The van der Waals surface area contributed by atoms with Gasteiger partial charge in [-0.1, -0.05) is 12.1 Å². The summed E-state index contributed by atoms with van der Waals surface area (Å²) in [6, 6.07) is 12.6. The van der Waals surface area contributed by atoms with E-state index in [1.807, 2.05) is 0 Å². The van der Waals surface area contributed by atoms with Crippen molar-refractivity contribution in [2.75, 3.05) is 5.32 Å². The quantitative estimate of drug-likeness (QED) is 0.310. The van der Waals surface area contributed by atoms with E-state index in [4.69, 9.17) is 11.1 Å². The number of carbonyl (C=O) groups excluding carboxylic acids is 1. The maximum absolute atomic E-state index is 14.1. The van der Waals surface area contributed by atoms with Crippen LogP contribution in [0, 0.1) is 11.2 Å². The molecule has 0 unspecified atom stereocenters. The van der Waals surface area contributed by atoms with Gasteiger partial charge in [0.1, 0.15) is 17.3 Å². The van der Waals surface area contributed by atoms with Crippen molar-refractivity contribution < 1.29 is 9.18 Å². The Hall–Kier alpha value is -4.07. The number of hydrogen-bond acceptors (Lipinski definition) is 6. The molecule has 28 heavy (non-hydrogen) atoms. The largest absolute Gasteiger partial charge is 0.393 e. The summed E-state index contributed by atoms with van der Waals surface area (Å²) in [5, 5.41) is 13.3. The number of aromatic nitrogens is 2. The van der Waals surface area contributed by atoms with Crippen molar-refractivity contribution in [2.24, 2.45) is 5.73 Å². The maximum Gasteiger partial charge on any atom is 0.274 e. The van der Waals surface area contributed by atoms with Crippen LogP contribution in [-0.4, -0.2) is 21.7 Å². The summed E-state index contributed by atoms with van der Waals surface area (Å²) in [6.45, 7) is 0. The van der Waals surface area contributed by atoms with E-state index in [9.17, 15) is 9.18 Å². The Labute approximate surface area is 160 Å². The molecule has 2 heterocycles. The number of amides is 1. The van der Waals surface area contributed by atoms with Crippen LogP contribution in [0.5, 0.6) is 0 Å². The Bertz CT molecular complexity index is 1020. The van der Waals surface area contributed by atoms with E-state index in [1.54, 1.807) is 42.6 Å². The van der Waals surface area contributed by atoms with E-state index < -0.39 is 11.7 Å². The van der Waals surface area contributed by atoms with Crippen LogP contribution in [0.25, 0.3) is 5.70 Å². The van der Waals surface area contributed by atoms with E-state index in [2.05, 4.69) is 20.6 Å². The van der Waals surface area contributed by atoms with Crippen molar-refractivity contribution in [1.82, 2.24) is 15.3 Å². The Morgan fingerprint density at radius 3 is 2.39 bits per heavy atom. The van der Waals surface area contributed by atoms with Crippen LogP contribution in [-0.2, 0) is 4.79 Å². The minimum atomic E-state index is -0.704. The third kappa shape index (κ3) is 4.36. The van der Waals surface area contributed by atoms with E-state index in [0.29, 0.717) is 11.1 Å². The van der Waals surface area contributed by atoms with Crippen LogP contribution in [0.2, 0.25) is 0 Å². The van der Waals surface area contributed by atoms with Crippen molar-refractivity contribution in [3.63, 3.8) is 0 Å². The van der Waals surface area contributed by atoms with Crippen LogP contribution < -0.4 is 16.4 Å². The number of nitrogens with zero attached hydrogens (tertiary/aromatic N) is 2. The molecule has 8 heteroatoms. The van der Waals surface area contributed by atoms with Crippen LogP contribution in [0.4, 0.5) is 10.1 Å². The zero-order chi connectivity index (χ0) is 19.9. The fraction of sp³-hybridized carbons (Fsp3) is 0. The number of amidine groups is 1. The second kappa shape index (κ2) is 8.54. The summed E-state index contributed by atoms with van der Waals surface area (Å²) >= 11 is 0. The zero-order valence-electron chi connectivity index (χ0n) is 14.7. The number of pyridine rings is 2. The molecular formula is C20H17FN6O. The van der Waals surface area contributed by atoms with Gasteiger partial charge < -0.3 is 16.4 Å². The number of halogens is 1. The van der Waals surface area contributed by atoms with Crippen molar-refractivity contribution in [2.45, 2.75) is 0 Å². The molecule has 2 aromatic heterocycles. The number of carbonyl (C=O) groups is 1. The smallest absolute Gasteiger partial charge is 0.274 e. The first-order valence-corrected chi connectivity index (χ1v) is 8.28. The van der Waals surface area contributed by atoms with E-state index in [1.165, 1.54) is 30.7 Å². The van der Waals surface area contributed by atoms with Crippen LogP contribution in [0.3, 0.4) is 0 Å². The summed E-state index contributed by atoms with van der Waals surface area (Å²) in [5.74, 6) is -1.35. The normalized spacial score (nSPS) is 11.3. The van der Waals surface area contributed by atoms with Gasteiger partial charge >= 0.3 is 0 Å². The molecule has 0 aliphatic rings. The van der Waals surface area contributed by atoms with E-state index >= 15 is 0 Å². The molecule has 0 aliphatic heterocycles. The predicted octanol–water partition coefficient (Wildman–Crippen LogP) is 2.50. The standard InChI is InChI=1S/C20H17FN6O/c21-15-5-1-2-6-16(15)26-18(13-7-10-24-11-8-13)17(22)20(28)27-19(23)14-4-3-9-25-12-14/h1-12,26H,22H2,(H2,23,27,28)/b18-17-. The van der Waals surface area contributed by atoms with Crippen molar-refractivity contribution in [1.29, 1.82) is 5.41 Å². The molecule has 0 aliphatic carbocycles. The molecular weight excluding hydrogens is 359 g/mol. The van der Waals surface area contributed by atoms with Gasteiger partial charge in [0.2, 0.25) is 0 Å². The average Bonchev–Trinajstić information content (AvgIpc) is 2.74. The number of benzene rings is 1. The summed E-state index contributed by atoms with van der Waals surface area (Å²) in [4.78, 5) is 20.5. The molecule has 0 fully saturated rings.